The standard InChI is InChI=1S/C15H21NO2/c1-8-5-10(3)11(6-9(8)2)14(16-4)12-7-13(12)15(17)18/h5-6,12-14,16H,7H2,1-4H3,(H,17,18). The second-order valence-corrected chi connectivity index (χ2v) is 5.40. The van der Waals surface area contributed by atoms with Gasteiger partial charge >= 0.3 is 5.97 Å². The summed E-state index contributed by atoms with van der Waals surface area (Å²) in [7, 11) is 1.91. The van der Waals surface area contributed by atoms with Gasteiger partial charge in [-0.3, -0.25) is 4.79 Å². The number of carboxylic acid groups (broad SMARTS) is 1. The molecule has 0 radical (unpaired) electrons. The highest BCUT2D eigenvalue weighted by Crippen LogP contribution is 2.48. The van der Waals surface area contributed by atoms with Crippen LogP contribution >= 0.6 is 0 Å². The topological polar surface area (TPSA) is 49.3 Å². The SMILES string of the molecule is CNC(c1cc(C)c(C)cc1C)C1CC1C(=O)O. The molecule has 0 aliphatic heterocycles. The van der Waals surface area contributed by atoms with Crippen molar-refractivity contribution >= 4 is 5.97 Å². The number of rotatable bonds is 4. The minimum atomic E-state index is -0.665. The van der Waals surface area contributed by atoms with E-state index in [-0.39, 0.29) is 17.9 Å². The summed E-state index contributed by atoms with van der Waals surface area (Å²) in [5, 5.41) is 12.3. The molecule has 0 amide bonds. The summed E-state index contributed by atoms with van der Waals surface area (Å²) in [5.41, 5.74) is 5.04. The Labute approximate surface area is 108 Å². The van der Waals surface area contributed by atoms with E-state index in [1.165, 1.54) is 22.3 Å². The molecule has 98 valence electrons. The van der Waals surface area contributed by atoms with Gasteiger partial charge in [0.2, 0.25) is 0 Å². The van der Waals surface area contributed by atoms with Crippen molar-refractivity contribution in [2.45, 2.75) is 33.2 Å². The van der Waals surface area contributed by atoms with Gasteiger partial charge in [-0.2, -0.15) is 0 Å². The van der Waals surface area contributed by atoms with E-state index >= 15 is 0 Å². The Morgan fingerprint density at radius 2 is 1.89 bits per heavy atom. The third-order valence-corrected chi connectivity index (χ3v) is 4.11. The molecule has 1 aromatic carbocycles. The van der Waals surface area contributed by atoms with E-state index in [1.807, 2.05) is 7.05 Å². The van der Waals surface area contributed by atoms with Crippen LogP contribution in [0.15, 0.2) is 12.1 Å². The second-order valence-electron chi connectivity index (χ2n) is 5.40. The Morgan fingerprint density at radius 1 is 1.28 bits per heavy atom. The van der Waals surface area contributed by atoms with E-state index in [0.29, 0.717) is 0 Å². The fraction of sp³-hybridized carbons (Fsp3) is 0.533. The zero-order chi connectivity index (χ0) is 13.4. The van der Waals surface area contributed by atoms with Crippen LogP contribution in [0.4, 0.5) is 0 Å². The lowest BCUT2D eigenvalue weighted by molar-refractivity contribution is -0.138. The molecule has 3 heteroatoms. The molecular weight excluding hydrogens is 226 g/mol. The van der Waals surface area contributed by atoms with Crippen LogP contribution in [0.2, 0.25) is 0 Å². The predicted molar refractivity (Wildman–Crippen MR) is 71.7 cm³/mol. The van der Waals surface area contributed by atoms with E-state index in [4.69, 9.17) is 5.11 Å². The van der Waals surface area contributed by atoms with Crippen molar-refractivity contribution in [3.63, 3.8) is 0 Å². The number of hydrogen-bond acceptors (Lipinski definition) is 2. The molecule has 0 saturated heterocycles. The normalized spacial score (nSPS) is 23.8. The zero-order valence-electron chi connectivity index (χ0n) is 11.4. The number of aliphatic carboxylic acids is 1. The average Bonchev–Trinajstić information content (AvgIpc) is 3.06. The Kier molecular flexibility index (Phi) is 3.44. The first-order valence-corrected chi connectivity index (χ1v) is 6.43. The number of carbonyl (C=O) groups is 1. The molecule has 0 spiro atoms. The maximum Gasteiger partial charge on any atom is 0.306 e. The molecule has 0 bridgehead atoms. The van der Waals surface area contributed by atoms with Crippen LogP contribution in [0.3, 0.4) is 0 Å². The van der Waals surface area contributed by atoms with Crippen LogP contribution in [0.5, 0.6) is 0 Å². The van der Waals surface area contributed by atoms with Crippen molar-refractivity contribution in [1.29, 1.82) is 0 Å². The summed E-state index contributed by atoms with van der Waals surface area (Å²) in [6.07, 6.45) is 0.785. The van der Waals surface area contributed by atoms with Crippen LogP contribution in [0, 0.1) is 32.6 Å². The quantitative estimate of drug-likeness (QED) is 0.859. The molecule has 1 fully saturated rings. The molecule has 1 aromatic rings. The zero-order valence-corrected chi connectivity index (χ0v) is 11.4. The molecule has 0 aromatic heterocycles. The first-order valence-electron chi connectivity index (χ1n) is 6.43. The van der Waals surface area contributed by atoms with Crippen LogP contribution in [0.25, 0.3) is 0 Å². The Balaban J connectivity index is 2.29. The molecule has 1 saturated carbocycles. The third kappa shape index (κ3) is 2.27. The molecule has 1 aliphatic rings. The number of aryl methyl sites for hydroxylation is 3. The number of carboxylic acids is 1. The largest absolute Gasteiger partial charge is 0.481 e. The average molecular weight is 247 g/mol. The van der Waals surface area contributed by atoms with Gasteiger partial charge in [0.1, 0.15) is 0 Å². The van der Waals surface area contributed by atoms with Crippen molar-refractivity contribution in [2.24, 2.45) is 11.8 Å². The highest BCUT2D eigenvalue weighted by Gasteiger charge is 2.48. The predicted octanol–water partition coefficient (Wildman–Crippen LogP) is 2.59. The first-order chi connectivity index (χ1) is 8.45. The van der Waals surface area contributed by atoms with Crippen molar-refractivity contribution in [3.05, 3.63) is 34.4 Å². The highest BCUT2D eigenvalue weighted by molar-refractivity contribution is 5.73. The smallest absolute Gasteiger partial charge is 0.306 e. The van der Waals surface area contributed by atoms with Gasteiger partial charge in [0.05, 0.1) is 5.92 Å². The molecular formula is C15H21NO2. The number of benzene rings is 1. The van der Waals surface area contributed by atoms with Crippen LogP contribution in [-0.4, -0.2) is 18.1 Å². The highest BCUT2D eigenvalue weighted by atomic mass is 16.4. The van der Waals surface area contributed by atoms with Gasteiger partial charge in [-0.15, -0.1) is 0 Å². The van der Waals surface area contributed by atoms with Crippen molar-refractivity contribution in [3.8, 4) is 0 Å². The lowest BCUT2D eigenvalue weighted by atomic mass is 9.93. The summed E-state index contributed by atoms with van der Waals surface area (Å²) in [4.78, 5) is 11.0. The second kappa shape index (κ2) is 4.73. The van der Waals surface area contributed by atoms with Crippen LogP contribution in [-0.2, 0) is 4.79 Å². The maximum atomic E-state index is 11.0. The number of nitrogens with one attached hydrogen (secondary N) is 1. The molecule has 2 rings (SSSR count). The van der Waals surface area contributed by atoms with Gasteiger partial charge < -0.3 is 10.4 Å². The monoisotopic (exact) mass is 247 g/mol. The minimum Gasteiger partial charge on any atom is -0.481 e. The lowest BCUT2D eigenvalue weighted by Crippen LogP contribution is -2.21. The molecule has 1 aliphatic carbocycles. The summed E-state index contributed by atoms with van der Waals surface area (Å²) >= 11 is 0. The fourth-order valence-electron chi connectivity index (χ4n) is 2.79. The summed E-state index contributed by atoms with van der Waals surface area (Å²) in [5.74, 6) is -0.612. The summed E-state index contributed by atoms with van der Waals surface area (Å²) < 4.78 is 0. The van der Waals surface area contributed by atoms with Gasteiger partial charge in [0.25, 0.3) is 0 Å². The van der Waals surface area contributed by atoms with Crippen molar-refractivity contribution in [2.75, 3.05) is 7.05 Å². The fourth-order valence-corrected chi connectivity index (χ4v) is 2.79. The van der Waals surface area contributed by atoms with Crippen molar-refractivity contribution < 1.29 is 9.90 Å². The molecule has 2 N–H and O–H groups in total. The summed E-state index contributed by atoms with van der Waals surface area (Å²) in [6, 6.07) is 4.54. The molecule has 3 unspecified atom stereocenters. The minimum absolute atomic E-state index is 0.158. The van der Waals surface area contributed by atoms with Gasteiger partial charge in [0.15, 0.2) is 0 Å². The summed E-state index contributed by atoms with van der Waals surface area (Å²) in [6.45, 7) is 6.31. The first kappa shape index (κ1) is 13.1. The van der Waals surface area contributed by atoms with E-state index in [1.54, 1.807) is 0 Å². The van der Waals surface area contributed by atoms with Crippen LogP contribution < -0.4 is 5.32 Å². The lowest BCUT2D eigenvalue weighted by Gasteiger charge is -2.20. The van der Waals surface area contributed by atoms with Crippen LogP contribution in [0.1, 0.15) is 34.7 Å². The molecule has 3 nitrogen and oxygen atoms in total. The van der Waals surface area contributed by atoms with E-state index in [2.05, 4.69) is 38.2 Å². The van der Waals surface area contributed by atoms with Gasteiger partial charge in [-0.05, 0) is 62.4 Å². The van der Waals surface area contributed by atoms with E-state index in [0.717, 1.165) is 6.42 Å². The van der Waals surface area contributed by atoms with Gasteiger partial charge in [-0.1, -0.05) is 12.1 Å². The van der Waals surface area contributed by atoms with Gasteiger partial charge in [0, 0.05) is 6.04 Å². The Bertz CT molecular complexity index is 482. The Morgan fingerprint density at radius 3 is 2.39 bits per heavy atom. The van der Waals surface area contributed by atoms with Gasteiger partial charge in [-0.25, -0.2) is 0 Å². The third-order valence-electron chi connectivity index (χ3n) is 4.11. The number of hydrogen-bond donors (Lipinski definition) is 2. The van der Waals surface area contributed by atoms with Crippen molar-refractivity contribution in [1.82, 2.24) is 5.32 Å². The Hall–Kier alpha value is -1.35. The molecule has 18 heavy (non-hydrogen) atoms. The maximum absolute atomic E-state index is 11.0. The van der Waals surface area contributed by atoms with E-state index < -0.39 is 5.97 Å². The molecule has 0 heterocycles. The van der Waals surface area contributed by atoms with E-state index in [9.17, 15) is 4.79 Å². The molecule has 3 atom stereocenters.